The number of carboxylic acid groups (broad SMARTS) is 1. The van der Waals surface area contributed by atoms with Crippen LogP contribution in [0.2, 0.25) is 0 Å². The minimum atomic E-state index is -1.05. The van der Waals surface area contributed by atoms with Crippen LogP contribution in [0, 0.1) is 0 Å². The first-order chi connectivity index (χ1) is 7.77. The summed E-state index contributed by atoms with van der Waals surface area (Å²) in [5, 5.41) is 14.9. The van der Waals surface area contributed by atoms with Gasteiger partial charge in [-0.1, -0.05) is 0 Å². The van der Waals surface area contributed by atoms with Crippen molar-refractivity contribution in [2.45, 2.75) is 6.61 Å². The van der Waals surface area contributed by atoms with Gasteiger partial charge in [0.15, 0.2) is 0 Å². The van der Waals surface area contributed by atoms with Crippen LogP contribution < -0.4 is 4.74 Å². The fraction of sp³-hybridized carbons (Fsp3) is 0.100. The SMILES string of the molecule is O=C(O)c1[nH]ncc1COc1cccnc1. The van der Waals surface area contributed by atoms with E-state index in [1.165, 1.54) is 6.20 Å². The van der Waals surface area contributed by atoms with Crippen LogP contribution in [-0.4, -0.2) is 26.3 Å². The normalized spacial score (nSPS) is 10.0. The van der Waals surface area contributed by atoms with Crippen molar-refractivity contribution in [1.29, 1.82) is 0 Å². The van der Waals surface area contributed by atoms with Crippen LogP contribution in [-0.2, 0) is 6.61 Å². The van der Waals surface area contributed by atoms with E-state index in [4.69, 9.17) is 9.84 Å². The standard InChI is InChI=1S/C10H9N3O3/c14-10(15)9-7(4-12-13-9)6-16-8-2-1-3-11-5-8/h1-5H,6H2,(H,12,13)(H,14,15). The number of nitrogens with zero attached hydrogens (tertiary/aromatic N) is 2. The summed E-state index contributed by atoms with van der Waals surface area (Å²) >= 11 is 0. The van der Waals surface area contributed by atoms with Gasteiger partial charge in [-0.05, 0) is 12.1 Å². The van der Waals surface area contributed by atoms with Gasteiger partial charge in [0.05, 0.1) is 12.4 Å². The van der Waals surface area contributed by atoms with Crippen LogP contribution in [0.1, 0.15) is 16.1 Å². The Labute approximate surface area is 90.9 Å². The summed E-state index contributed by atoms with van der Waals surface area (Å²) < 4.78 is 5.36. The molecular formula is C10H9N3O3. The number of carboxylic acids is 1. The largest absolute Gasteiger partial charge is 0.487 e. The molecule has 2 aromatic heterocycles. The smallest absolute Gasteiger partial charge is 0.354 e. The second kappa shape index (κ2) is 4.43. The van der Waals surface area contributed by atoms with E-state index >= 15 is 0 Å². The second-order valence-electron chi connectivity index (χ2n) is 3.05. The van der Waals surface area contributed by atoms with Gasteiger partial charge in [0.1, 0.15) is 18.1 Å². The number of hydrogen-bond donors (Lipinski definition) is 2. The van der Waals surface area contributed by atoms with Gasteiger partial charge in [-0.15, -0.1) is 0 Å². The zero-order valence-electron chi connectivity index (χ0n) is 8.25. The number of carbonyl (C=O) groups is 1. The molecule has 0 spiro atoms. The molecule has 6 nitrogen and oxygen atoms in total. The topological polar surface area (TPSA) is 88.1 Å². The Morgan fingerprint density at radius 2 is 2.38 bits per heavy atom. The number of rotatable bonds is 4. The molecule has 2 aromatic rings. The van der Waals surface area contributed by atoms with Gasteiger partial charge in [-0.2, -0.15) is 5.10 Å². The number of aromatic nitrogens is 3. The number of aromatic carboxylic acids is 1. The van der Waals surface area contributed by atoms with Gasteiger partial charge in [0.2, 0.25) is 0 Å². The van der Waals surface area contributed by atoms with Crippen molar-refractivity contribution in [2.24, 2.45) is 0 Å². The predicted octanol–water partition coefficient (Wildman–Crippen LogP) is 1.08. The molecule has 0 atom stereocenters. The van der Waals surface area contributed by atoms with Crippen molar-refractivity contribution < 1.29 is 14.6 Å². The van der Waals surface area contributed by atoms with Gasteiger partial charge in [-0.25, -0.2) is 4.79 Å². The Balaban J connectivity index is 2.05. The first kappa shape index (κ1) is 10.2. The molecule has 0 unspecified atom stereocenters. The highest BCUT2D eigenvalue weighted by atomic mass is 16.5. The molecule has 0 saturated heterocycles. The molecule has 82 valence electrons. The molecule has 0 fully saturated rings. The van der Waals surface area contributed by atoms with Crippen LogP contribution in [0.3, 0.4) is 0 Å². The number of aromatic amines is 1. The third kappa shape index (κ3) is 2.17. The van der Waals surface area contributed by atoms with Crippen molar-refractivity contribution in [1.82, 2.24) is 15.2 Å². The molecule has 0 saturated carbocycles. The third-order valence-corrected chi connectivity index (χ3v) is 1.96. The van der Waals surface area contributed by atoms with Gasteiger partial charge < -0.3 is 9.84 Å². The van der Waals surface area contributed by atoms with E-state index in [0.717, 1.165) is 0 Å². The number of ether oxygens (including phenoxy) is 1. The Morgan fingerprint density at radius 1 is 1.50 bits per heavy atom. The number of H-pyrrole nitrogens is 1. The maximum Gasteiger partial charge on any atom is 0.354 e. The lowest BCUT2D eigenvalue weighted by Gasteiger charge is -2.03. The summed E-state index contributed by atoms with van der Waals surface area (Å²) in [6, 6.07) is 3.48. The lowest BCUT2D eigenvalue weighted by Crippen LogP contribution is -2.04. The van der Waals surface area contributed by atoms with Crippen molar-refractivity contribution in [3.63, 3.8) is 0 Å². The number of pyridine rings is 1. The summed E-state index contributed by atoms with van der Waals surface area (Å²) in [6.07, 6.45) is 4.62. The molecular weight excluding hydrogens is 210 g/mol. The fourth-order valence-electron chi connectivity index (χ4n) is 1.20. The Morgan fingerprint density at radius 3 is 3.06 bits per heavy atom. The maximum atomic E-state index is 10.8. The quantitative estimate of drug-likeness (QED) is 0.803. The fourth-order valence-corrected chi connectivity index (χ4v) is 1.20. The lowest BCUT2D eigenvalue weighted by molar-refractivity contribution is 0.0687. The molecule has 0 bridgehead atoms. The highest BCUT2D eigenvalue weighted by Crippen LogP contribution is 2.11. The van der Waals surface area contributed by atoms with Gasteiger partial charge in [-0.3, -0.25) is 10.1 Å². The van der Waals surface area contributed by atoms with E-state index in [1.807, 2.05) is 0 Å². The molecule has 2 rings (SSSR count). The molecule has 16 heavy (non-hydrogen) atoms. The van der Waals surface area contributed by atoms with Gasteiger partial charge >= 0.3 is 5.97 Å². The summed E-state index contributed by atoms with van der Waals surface area (Å²) in [5.41, 5.74) is 0.542. The monoisotopic (exact) mass is 219 g/mol. The average Bonchev–Trinajstić information content (AvgIpc) is 2.76. The van der Waals surface area contributed by atoms with E-state index in [1.54, 1.807) is 24.5 Å². The molecule has 0 aliphatic rings. The van der Waals surface area contributed by atoms with Crippen LogP contribution >= 0.6 is 0 Å². The summed E-state index contributed by atoms with van der Waals surface area (Å²) in [5.74, 6) is -0.470. The second-order valence-corrected chi connectivity index (χ2v) is 3.05. The van der Waals surface area contributed by atoms with Crippen molar-refractivity contribution in [3.8, 4) is 5.75 Å². The molecule has 0 radical (unpaired) electrons. The maximum absolute atomic E-state index is 10.8. The predicted molar refractivity (Wildman–Crippen MR) is 54.1 cm³/mol. The third-order valence-electron chi connectivity index (χ3n) is 1.96. The minimum absolute atomic E-state index is 0.0453. The van der Waals surface area contributed by atoms with E-state index in [9.17, 15) is 4.79 Å². The Bertz CT molecular complexity index is 481. The van der Waals surface area contributed by atoms with Crippen molar-refractivity contribution >= 4 is 5.97 Å². The van der Waals surface area contributed by atoms with Crippen LogP contribution in [0.25, 0.3) is 0 Å². The Hall–Kier alpha value is -2.37. The lowest BCUT2D eigenvalue weighted by atomic mass is 10.2. The van der Waals surface area contributed by atoms with Crippen molar-refractivity contribution in [3.05, 3.63) is 42.0 Å². The Kier molecular flexibility index (Phi) is 2.81. The zero-order chi connectivity index (χ0) is 11.4. The summed E-state index contributed by atoms with van der Waals surface area (Å²) in [4.78, 5) is 14.6. The first-order valence-corrected chi connectivity index (χ1v) is 4.55. The summed E-state index contributed by atoms with van der Waals surface area (Å²) in [7, 11) is 0. The van der Waals surface area contributed by atoms with Crippen molar-refractivity contribution in [2.75, 3.05) is 0 Å². The molecule has 0 aliphatic heterocycles. The zero-order valence-corrected chi connectivity index (χ0v) is 8.25. The van der Waals surface area contributed by atoms with Crippen LogP contribution in [0.4, 0.5) is 0 Å². The molecule has 2 N–H and O–H groups in total. The van der Waals surface area contributed by atoms with Gasteiger partial charge in [0, 0.05) is 11.8 Å². The number of hydrogen-bond acceptors (Lipinski definition) is 4. The molecule has 2 heterocycles. The molecule has 6 heteroatoms. The van der Waals surface area contributed by atoms with E-state index in [0.29, 0.717) is 11.3 Å². The highest BCUT2D eigenvalue weighted by molar-refractivity contribution is 5.86. The van der Waals surface area contributed by atoms with Crippen LogP contribution in [0.15, 0.2) is 30.7 Å². The summed E-state index contributed by atoms with van der Waals surface area (Å²) in [6.45, 7) is 0.143. The molecule has 0 aliphatic carbocycles. The van der Waals surface area contributed by atoms with Gasteiger partial charge in [0.25, 0.3) is 0 Å². The van der Waals surface area contributed by atoms with E-state index in [2.05, 4.69) is 15.2 Å². The van der Waals surface area contributed by atoms with E-state index in [-0.39, 0.29) is 12.3 Å². The first-order valence-electron chi connectivity index (χ1n) is 4.55. The molecule has 0 amide bonds. The minimum Gasteiger partial charge on any atom is -0.487 e. The highest BCUT2D eigenvalue weighted by Gasteiger charge is 2.12. The van der Waals surface area contributed by atoms with Crippen LogP contribution in [0.5, 0.6) is 5.75 Å². The number of nitrogens with one attached hydrogen (secondary N) is 1. The molecule has 0 aromatic carbocycles. The average molecular weight is 219 g/mol. The van der Waals surface area contributed by atoms with E-state index < -0.39 is 5.97 Å².